The number of hydrogen-bond donors (Lipinski definition) is 3. The van der Waals surface area contributed by atoms with Crippen molar-refractivity contribution in [2.45, 2.75) is 43.6 Å². The molecule has 4 atom stereocenters. The lowest BCUT2D eigenvalue weighted by Crippen LogP contribution is -2.53. The molecular formula is C23H28N2O4. The van der Waals surface area contributed by atoms with Gasteiger partial charge in [-0.3, -0.25) is 4.79 Å². The number of rotatable bonds is 4. The van der Waals surface area contributed by atoms with Crippen LogP contribution < -0.4 is 10.6 Å². The Morgan fingerprint density at radius 1 is 1.03 bits per heavy atom. The van der Waals surface area contributed by atoms with Crippen LogP contribution in [0.3, 0.4) is 0 Å². The minimum absolute atomic E-state index is 0.0453. The fourth-order valence-corrected chi connectivity index (χ4v) is 3.96. The van der Waals surface area contributed by atoms with E-state index in [2.05, 4.69) is 22.8 Å². The van der Waals surface area contributed by atoms with E-state index < -0.39 is 6.10 Å². The molecule has 6 heteroatoms. The molecule has 2 aromatic carbocycles. The van der Waals surface area contributed by atoms with Crippen LogP contribution in [0, 0.1) is 0 Å². The molecule has 0 spiro atoms. The maximum atomic E-state index is 12.5. The standard InChI is InChI=1S/C23H28N2O4/c26-19-13-24-21-11-10-20(29-22(21)15-28-14-19)12-23(27)25-18-8-6-17(7-9-18)16-4-2-1-3-5-16/h1-9,19-22,24,26H,10-15H2,(H,25,27)/t19-,20-,21-,22+/m0/s1. The predicted molar refractivity (Wildman–Crippen MR) is 112 cm³/mol. The fraction of sp³-hybridized carbons (Fsp3) is 0.435. The summed E-state index contributed by atoms with van der Waals surface area (Å²) in [6.45, 7) is 1.26. The first kappa shape index (κ1) is 20.0. The van der Waals surface area contributed by atoms with Crippen LogP contribution in [0.25, 0.3) is 11.1 Å². The molecule has 2 aliphatic heterocycles. The molecule has 3 N–H and O–H groups in total. The van der Waals surface area contributed by atoms with Crippen molar-refractivity contribution in [3.8, 4) is 11.1 Å². The van der Waals surface area contributed by atoms with Crippen molar-refractivity contribution in [1.29, 1.82) is 0 Å². The van der Waals surface area contributed by atoms with Gasteiger partial charge in [0.15, 0.2) is 0 Å². The highest BCUT2D eigenvalue weighted by atomic mass is 16.5. The number of carbonyl (C=O) groups is 1. The first-order valence-corrected chi connectivity index (χ1v) is 10.3. The molecule has 2 saturated heterocycles. The number of hydrogen-bond acceptors (Lipinski definition) is 5. The Morgan fingerprint density at radius 3 is 2.59 bits per heavy atom. The molecule has 0 unspecified atom stereocenters. The van der Waals surface area contributed by atoms with Crippen molar-refractivity contribution in [2.75, 3.05) is 25.1 Å². The predicted octanol–water partition coefficient (Wildman–Crippen LogP) is 2.58. The Hall–Kier alpha value is -2.25. The second-order valence-corrected chi connectivity index (χ2v) is 7.78. The highest BCUT2D eigenvalue weighted by Crippen LogP contribution is 2.25. The summed E-state index contributed by atoms with van der Waals surface area (Å²) in [6.07, 6.45) is 1.36. The Labute approximate surface area is 171 Å². The van der Waals surface area contributed by atoms with Crippen LogP contribution in [-0.4, -0.2) is 55.1 Å². The van der Waals surface area contributed by atoms with E-state index in [1.165, 1.54) is 0 Å². The molecule has 154 valence electrons. The summed E-state index contributed by atoms with van der Waals surface area (Å²) in [4.78, 5) is 12.5. The number of nitrogens with one attached hydrogen (secondary N) is 2. The monoisotopic (exact) mass is 396 g/mol. The third-order valence-corrected chi connectivity index (χ3v) is 5.51. The number of fused-ring (bicyclic) bond motifs is 1. The van der Waals surface area contributed by atoms with E-state index in [-0.39, 0.29) is 24.2 Å². The maximum absolute atomic E-state index is 12.5. The molecule has 0 aromatic heterocycles. The third-order valence-electron chi connectivity index (χ3n) is 5.51. The largest absolute Gasteiger partial charge is 0.389 e. The highest BCUT2D eigenvalue weighted by Gasteiger charge is 2.33. The van der Waals surface area contributed by atoms with Gasteiger partial charge in [0.2, 0.25) is 5.91 Å². The normalized spacial score (nSPS) is 27.3. The number of aliphatic hydroxyl groups is 1. The van der Waals surface area contributed by atoms with Gasteiger partial charge in [-0.2, -0.15) is 0 Å². The van der Waals surface area contributed by atoms with E-state index in [0.29, 0.717) is 26.2 Å². The molecule has 2 heterocycles. The number of anilines is 1. The number of carbonyl (C=O) groups excluding carboxylic acids is 1. The molecule has 2 aliphatic rings. The SMILES string of the molecule is O=C(C[C@@H]1CC[C@@H]2NC[C@H](O)COC[C@H]2O1)Nc1ccc(-c2ccccc2)cc1. The lowest BCUT2D eigenvalue weighted by Gasteiger charge is -2.38. The molecule has 29 heavy (non-hydrogen) atoms. The maximum Gasteiger partial charge on any atom is 0.226 e. The second kappa shape index (κ2) is 9.50. The van der Waals surface area contributed by atoms with Crippen LogP contribution in [0.15, 0.2) is 54.6 Å². The third kappa shape index (κ3) is 5.42. The molecular weight excluding hydrogens is 368 g/mol. The molecule has 4 rings (SSSR count). The van der Waals surface area contributed by atoms with E-state index in [1.807, 2.05) is 42.5 Å². The minimum atomic E-state index is -0.479. The van der Waals surface area contributed by atoms with Gasteiger partial charge in [0, 0.05) is 18.3 Å². The van der Waals surface area contributed by atoms with Crippen molar-refractivity contribution in [3.05, 3.63) is 54.6 Å². The van der Waals surface area contributed by atoms with Gasteiger partial charge in [-0.15, -0.1) is 0 Å². The Morgan fingerprint density at radius 2 is 1.79 bits per heavy atom. The summed E-state index contributed by atoms with van der Waals surface area (Å²) in [5, 5.41) is 16.0. The van der Waals surface area contributed by atoms with Crippen molar-refractivity contribution >= 4 is 11.6 Å². The quantitative estimate of drug-likeness (QED) is 0.740. The summed E-state index contributed by atoms with van der Waals surface area (Å²) in [7, 11) is 0. The zero-order valence-corrected chi connectivity index (χ0v) is 16.4. The number of amides is 1. The van der Waals surface area contributed by atoms with E-state index in [4.69, 9.17) is 9.47 Å². The zero-order chi connectivity index (χ0) is 20.1. The minimum Gasteiger partial charge on any atom is -0.389 e. The van der Waals surface area contributed by atoms with Gasteiger partial charge in [-0.1, -0.05) is 42.5 Å². The van der Waals surface area contributed by atoms with Crippen LogP contribution in [0.2, 0.25) is 0 Å². The van der Waals surface area contributed by atoms with E-state index in [1.54, 1.807) is 0 Å². The van der Waals surface area contributed by atoms with Gasteiger partial charge < -0.3 is 25.2 Å². The Balaban J connectivity index is 1.28. The fourth-order valence-electron chi connectivity index (χ4n) is 3.96. The first-order valence-electron chi connectivity index (χ1n) is 10.3. The smallest absolute Gasteiger partial charge is 0.226 e. The van der Waals surface area contributed by atoms with Gasteiger partial charge in [0.1, 0.15) is 0 Å². The molecule has 6 nitrogen and oxygen atoms in total. The van der Waals surface area contributed by atoms with Crippen LogP contribution in [0.4, 0.5) is 5.69 Å². The van der Waals surface area contributed by atoms with E-state index >= 15 is 0 Å². The summed E-state index contributed by atoms with van der Waals surface area (Å²) >= 11 is 0. The molecule has 0 aliphatic carbocycles. The van der Waals surface area contributed by atoms with Crippen molar-refractivity contribution < 1.29 is 19.4 Å². The average Bonchev–Trinajstić information content (AvgIpc) is 2.73. The second-order valence-electron chi connectivity index (χ2n) is 7.78. The lowest BCUT2D eigenvalue weighted by molar-refractivity contribution is -0.134. The van der Waals surface area contributed by atoms with Crippen LogP contribution in [0.1, 0.15) is 19.3 Å². The summed E-state index contributed by atoms with van der Waals surface area (Å²) in [5.74, 6) is -0.0453. The van der Waals surface area contributed by atoms with Crippen LogP contribution >= 0.6 is 0 Å². The topological polar surface area (TPSA) is 79.8 Å². The Kier molecular flexibility index (Phi) is 6.56. The molecule has 0 saturated carbocycles. The summed E-state index contributed by atoms with van der Waals surface area (Å²) in [5.41, 5.74) is 3.05. The van der Waals surface area contributed by atoms with Crippen LogP contribution in [0.5, 0.6) is 0 Å². The van der Waals surface area contributed by atoms with Gasteiger partial charge in [0.25, 0.3) is 0 Å². The number of ether oxygens (including phenoxy) is 2. The van der Waals surface area contributed by atoms with Gasteiger partial charge >= 0.3 is 0 Å². The molecule has 0 bridgehead atoms. The highest BCUT2D eigenvalue weighted by molar-refractivity contribution is 5.91. The molecule has 2 aromatic rings. The van der Waals surface area contributed by atoms with Gasteiger partial charge in [-0.05, 0) is 36.1 Å². The van der Waals surface area contributed by atoms with Gasteiger partial charge in [0.05, 0.1) is 37.9 Å². The number of β-amino-alcohol motifs (C(OH)–C–C–N with tert-alkyl or cyclic N) is 1. The van der Waals surface area contributed by atoms with Crippen molar-refractivity contribution in [3.63, 3.8) is 0 Å². The lowest BCUT2D eigenvalue weighted by atomic mass is 9.96. The molecule has 2 fully saturated rings. The van der Waals surface area contributed by atoms with Gasteiger partial charge in [-0.25, -0.2) is 0 Å². The van der Waals surface area contributed by atoms with Crippen molar-refractivity contribution in [2.24, 2.45) is 0 Å². The van der Waals surface area contributed by atoms with Crippen molar-refractivity contribution in [1.82, 2.24) is 5.32 Å². The number of benzene rings is 2. The average molecular weight is 396 g/mol. The first-order chi connectivity index (χ1) is 14.2. The van der Waals surface area contributed by atoms with Crippen LogP contribution in [-0.2, 0) is 14.3 Å². The van der Waals surface area contributed by atoms with E-state index in [9.17, 15) is 9.90 Å². The summed E-state index contributed by atoms with van der Waals surface area (Å²) in [6, 6.07) is 18.2. The van der Waals surface area contributed by atoms with E-state index in [0.717, 1.165) is 29.7 Å². The Bertz CT molecular complexity index is 796. The molecule has 0 radical (unpaired) electrons. The number of aliphatic hydroxyl groups excluding tert-OH is 1. The zero-order valence-electron chi connectivity index (χ0n) is 16.4. The summed E-state index contributed by atoms with van der Waals surface area (Å²) < 4.78 is 11.7. The molecule has 1 amide bonds.